The Balaban J connectivity index is 1.81. The molecule has 0 spiro atoms. The molecule has 0 saturated heterocycles. The third-order valence-corrected chi connectivity index (χ3v) is 8.33. The van der Waals surface area contributed by atoms with Crippen LogP contribution in [0, 0.1) is 28.6 Å². The molecule has 3 aliphatic carbocycles. The molecule has 3 rings (SSSR count). The lowest BCUT2D eigenvalue weighted by atomic mass is 9.45. The Morgan fingerprint density at radius 2 is 1.90 bits per heavy atom. The lowest BCUT2D eigenvalue weighted by Crippen LogP contribution is -2.56. The highest BCUT2D eigenvalue weighted by Gasteiger charge is 2.58. The van der Waals surface area contributed by atoms with E-state index in [1.165, 1.54) is 0 Å². The summed E-state index contributed by atoms with van der Waals surface area (Å²) in [5.41, 5.74) is -0.487. The van der Waals surface area contributed by atoms with Crippen LogP contribution in [0.1, 0.15) is 79.1 Å². The fourth-order valence-electron chi connectivity index (χ4n) is 6.31. The molecule has 0 aliphatic heterocycles. The fourth-order valence-corrected chi connectivity index (χ4v) is 6.31. The van der Waals surface area contributed by atoms with Crippen molar-refractivity contribution in [1.82, 2.24) is 0 Å². The molecule has 0 bridgehead atoms. The van der Waals surface area contributed by atoms with Gasteiger partial charge in [-0.2, -0.15) is 0 Å². The van der Waals surface area contributed by atoms with Crippen LogP contribution in [0.2, 0.25) is 0 Å². The molecule has 2 saturated carbocycles. The van der Waals surface area contributed by atoms with Crippen LogP contribution in [-0.2, 0) is 19.1 Å². The van der Waals surface area contributed by atoms with Crippen molar-refractivity contribution in [3.05, 3.63) is 11.6 Å². The molecule has 0 radical (unpaired) electrons. The fraction of sp³-hybridized carbons (Fsp3) is 0.792. The molecule has 6 heteroatoms. The van der Waals surface area contributed by atoms with E-state index in [1.54, 1.807) is 0 Å². The van der Waals surface area contributed by atoms with Gasteiger partial charge in [0.25, 0.3) is 0 Å². The highest BCUT2D eigenvalue weighted by atomic mass is 16.5. The molecule has 0 unspecified atom stereocenters. The summed E-state index contributed by atoms with van der Waals surface area (Å²) in [5, 5.41) is 19.8. The number of carboxylic acid groups (broad SMARTS) is 1. The normalized spacial score (nSPS) is 38.5. The van der Waals surface area contributed by atoms with Gasteiger partial charge >= 0.3 is 11.9 Å². The Labute approximate surface area is 179 Å². The van der Waals surface area contributed by atoms with E-state index in [0.29, 0.717) is 12.8 Å². The number of esters is 1. The van der Waals surface area contributed by atoms with Gasteiger partial charge in [-0.1, -0.05) is 34.1 Å². The predicted molar refractivity (Wildman–Crippen MR) is 112 cm³/mol. The maximum Gasteiger partial charge on any atom is 0.306 e. The second-order valence-corrected chi connectivity index (χ2v) is 10.6. The maximum absolute atomic E-state index is 13.2. The number of aliphatic hydroxyl groups is 1. The minimum absolute atomic E-state index is 0.0612. The number of carbonyl (C=O) groups is 3. The molecule has 2 N–H and O–H groups in total. The molecule has 2 fully saturated rings. The number of carbonyl (C=O) groups excluding carboxylic acids is 2. The van der Waals surface area contributed by atoms with E-state index in [9.17, 15) is 19.5 Å². The number of aliphatic carboxylic acids is 1. The van der Waals surface area contributed by atoms with Gasteiger partial charge in [-0.15, -0.1) is 0 Å². The average molecular weight is 421 g/mol. The van der Waals surface area contributed by atoms with Crippen molar-refractivity contribution in [2.45, 2.75) is 84.7 Å². The Morgan fingerprint density at radius 3 is 2.53 bits per heavy atom. The number of ketones is 1. The summed E-state index contributed by atoms with van der Waals surface area (Å²) in [7, 11) is 0. The van der Waals surface area contributed by atoms with Crippen molar-refractivity contribution in [2.24, 2.45) is 28.6 Å². The maximum atomic E-state index is 13.2. The Morgan fingerprint density at radius 1 is 1.20 bits per heavy atom. The van der Waals surface area contributed by atoms with E-state index < -0.39 is 17.5 Å². The molecule has 168 valence electrons. The van der Waals surface area contributed by atoms with Crippen LogP contribution in [0.4, 0.5) is 0 Å². The van der Waals surface area contributed by atoms with Gasteiger partial charge in [0.2, 0.25) is 0 Å². The van der Waals surface area contributed by atoms with Gasteiger partial charge in [-0.25, -0.2) is 0 Å². The van der Waals surface area contributed by atoms with Crippen molar-refractivity contribution in [3.63, 3.8) is 0 Å². The van der Waals surface area contributed by atoms with Crippen LogP contribution in [-0.4, -0.2) is 40.1 Å². The molecule has 0 aromatic heterocycles. The average Bonchev–Trinajstić information content (AvgIpc) is 2.67. The topological polar surface area (TPSA) is 101 Å². The number of allylic oxidation sites excluding steroid dienone is 1. The number of fused-ring (bicyclic) bond motifs is 3. The van der Waals surface area contributed by atoms with Gasteiger partial charge in [-0.05, 0) is 60.5 Å². The highest BCUT2D eigenvalue weighted by molar-refractivity contribution is 5.97. The second-order valence-electron chi connectivity index (χ2n) is 10.6. The summed E-state index contributed by atoms with van der Waals surface area (Å²) in [6.07, 6.45) is 6.28. The summed E-state index contributed by atoms with van der Waals surface area (Å²) in [5.74, 6) is -1.10. The molecular formula is C24H36O6. The van der Waals surface area contributed by atoms with E-state index in [4.69, 9.17) is 9.84 Å². The number of hydrogen-bond acceptors (Lipinski definition) is 5. The van der Waals surface area contributed by atoms with Crippen molar-refractivity contribution < 1.29 is 29.3 Å². The van der Waals surface area contributed by atoms with Crippen molar-refractivity contribution in [1.29, 1.82) is 0 Å². The minimum Gasteiger partial charge on any atom is -0.481 e. The largest absolute Gasteiger partial charge is 0.481 e. The number of carboxylic acids is 1. The molecule has 6 nitrogen and oxygen atoms in total. The zero-order valence-electron chi connectivity index (χ0n) is 18.7. The summed E-state index contributed by atoms with van der Waals surface area (Å²) >= 11 is 0. The van der Waals surface area contributed by atoms with E-state index in [0.717, 1.165) is 31.3 Å². The van der Waals surface area contributed by atoms with Gasteiger partial charge < -0.3 is 14.9 Å². The first-order chi connectivity index (χ1) is 13.9. The lowest BCUT2D eigenvalue weighted by Gasteiger charge is -2.59. The van der Waals surface area contributed by atoms with Crippen LogP contribution in [0.15, 0.2) is 11.6 Å². The Hall–Kier alpha value is -1.69. The standard InChI is InChI=1S/C24H36O6/c1-15(2)24(29)11-8-17-16(13-24)18(25)12-19-22(3,9-5-10-23(17,19)4)14-30-21(28)7-6-20(26)27/h13,15,17,19,29H,5-12,14H2,1-4H3,(H,26,27)/t17-,19-,22-,23+,24-/m0/s1. The monoisotopic (exact) mass is 420 g/mol. The third kappa shape index (κ3) is 4.08. The second kappa shape index (κ2) is 8.10. The SMILES string of the molecule is CC(C)[C@@]1(O)C=C2C(=O)C[C@H]3[C@](C)(COC(=O)CCC(=O)O)CCC[C@]3(C)[C@H]2CC1. The smallest absolute Gasteiger partial charge is 0.306 e. The molecule has 5 atom stereocenters. The zero-order chi connectivity index (χ0) is 22.3. The van der Waals surface area contributed by atoms with Crippen LogP contribution in [0.25, 0.3) is 0 Å². The van der Waals surface area contributed by atoms with Crippen LogP contribution >= 0.6 is 0 Å². The molecule has 0 aromatic carbocycles. The summed E-state index contributed by atoms with van der Waals surface area (Å²) in [4.78, 5) is 35.9. The number of ether oxygens (including phenoxy) is 1. The Bertz CT molecular complexity index is 755. The lowest BCUT2D eigenvalue weighted by molar-refractivity contribution is -0.159. The highest BCUT2D eigenvalue weighted by Crippen LogP contribution is 2.62. The van der Waals surface area contributed by atoms with E-state index >= 15 is 0 Å². The van der Waals surface area contributed by atoms with Crippen molar-refractivity contribution >= 4 is 17.7 Å². The quantitative estimate of drug-likeness (QED) is 0.632. The summed E-state index contributed by atoms with van der Waals surface area (Å²) in [6, 6.07) is 0. The van der Waals surface area contributed by atoms with Crippen molar-refractivity contribution in [3.8, 4) is 0 Å². The predicted octanol–water partition coefficient (Wildman–Crippen LogP) is 3.90. The number of rotatable bonds is 6. The zero-order valence-corrected chi connectivity index (χ0v) is 18.7. The summed E-state index contributed by atoms with van der Waals surface area (Å²) < 4.78 is 5.50. The number of hydrogen-bond donors (Lipinski definition) is 2. The molecule has 0 heterocycles. The van der Waals surface area contributed by atoms with Crippen LogP contribution < -0.4 is 0 Å². The van der Waals surface area contributed by atoms with Crippen LogP contribution in [0.3, 0.4) is 0 Å². The first kappa shape index (κ1) is 23.0. The molecular weight excluding hydrogens is 384 g/mol. The van der Waals surface area contributed by atoms with E-state index in [1.807, 2.05) is 19.9 Å². The molecule has 3 aliphatic rings. The van der Waals surface area contributed by atoms with E-state index in [2.05, 4.69) is 13.8 Å². The summed E-state index contributed by atoms with van der Waals surface area (Å²) in [6.45, 7) is 8.58. The Kier molecular flexibility index (Phi) is 6.21. The molecule has 0 aromatic rings. The van der Waals surface area contributed by atoms with Gasteiger partial charge in [0, 0.05) is 11.8 Å². The first-order valence-electron chi connectivity index (χ1n) is 11.3. The van der Waals surface area contributed by atoms with Gasteiger partial charge in [-0.3, -0.25) is 14.4 Å². The number of Topliss-reactive ketones (excluding diaryl/α,β-unsaturated/α-hetero) is 1. The van der Waals surface area contributed by atoms with Crippen molar-refractivity contribution in [2.75, 3.05) is 6.61 Å². The van der Waals surface area contributed by atoms with E-state index in [-0.39, 0.29) is 53.8 Å². The van der Waals surface area contributed by atoms with Crippen LogP contribution in [0.5, 0.6) is 0 Å². The van der Waals surface area contributed by atoms with Gasteiger partial charge in [0.15, 0.2) is 5.78 Å². The molecule has 0 amide bonds. The third-order valence-electron chi connectivity index (χ3n) is 8.33. The molecule has 30 heavy (non-hydrogen) atoms. The van der Waals surface area contributed by atoms with Gasteiger partial charge in [0.05, 0.1) is 25.0 Å². The first-order valence-corrected chi connectivity index (χ1v) is 11.3. The minimum atomic E-state index is -1.01. The van der Waals surface area contributed by atoms with Gasteiger partial charge in [0.1, 0.15) is 0 Å².